The summed E-state index contributed by atoms with van der Waals surface area (Å²) < 4.78 is 25.5. The first kappa shape index (κ1) is 11.5. The lowest BCUT2D eigenvalue weighted by Gasteiger charge is -2.12. The van der Waals surface area contributed by atoms with Crippen molar-refractivity contribution in [3.8, 4) is 0 Å². The molecule has 0 radical (unpaired) electrons. The van der Waals surface area contributed by atoms with Crippen LogP contribution in [0.15, 0.2) is 36.4 Å². The molecule has 0 atom stereocenters. The Morgan fingerprint density at radius 2 is 2.00 bits per heavy atom. The molecule has 2 rings (SSSR count). The number of halogens is 2. The quantitative estimate of drug-likeness (QED) is 0.747. The molecule has 0 aliphatic rings. The first-order chi connectivity index (χ1) is 8.13. The Hall–Kier alpha value is -1.97. The second kappa shape index (κ2) is 4.49. The Labute approximate surface area is 97.5 Å². The molecule has 0 saturated heterocycles. The standard InChI is InChI=1S/C13H11F2NO/c1-16(8-17)10-5-6-11-9(7-10)3-2-4-12(11)13(14)15/h2-8,13H,1H3. The summed E-state index contributed by atoms with van der Waals surface area (Å²) >= 11 is 0. The van der Waals surface area contributed by atoms with Gasteiger partial charge in [-0.25, -0.2) is 8.78 Å². The molecule has 0 aromatic heterocycles. The van der Waals surface area contributed by atoms with Gasteiger partial charge in [-0.1, -0.05) is 24.3 Å². The zero-order chi connectivity index (χ0) is 12.4. The Morgan fingerprint density at radius 3 is 2.65 bits per heavy atom. The summed E-state index contributed by atoms with van der Waals surface area (Å²) in [5.41, 5.74) is 0.696. The number of carbonyl (C=O) groups is 1. The number of benzene rings is 2. The van der Waals surface area contributed by atoms with Gasteiger partial charge in [0.25, 0.3) is 6.43 Å². The van der Waals surface area contributed by atoms with Gasteiger partial charge in [0, 0.05) is 18.3 Å². The van der Waals surface area contributed by atoms with Gasteiger partial charge in [-0.2, -0.15) is 0 Å². The number of hydrogen-bond acceptors (Lipinski definition) is 1. The first-order valence-corrected chi connectivity index (χ1v) is 5.12. The van der Waals surface area contributed by atoms with Crippen molar-refractivity contribution in [3.05, 3.63) is 42.0 Å². The zero-order valence-corrected chi connectivity index (χ0v) is 9.23. The predicted molar refractivity (Wildman–Crippen MR) is 63.4 cm³/mol. The smallest absolute Gasteiger partial charge is 0.264 e. The highest BCUT2D eigenvalue weighted by Gasteiger charge is 2.11. The van der Waals surface area contributed by atoms with Crippen LogP contribution in [0.1, 0.15) is 12.0 Å². The molecule has 0 heterocycles. The van der Waals surface area contributed by atoms with Crippen LogP contribution < -0.4 is 4.90 Å². The van der Waals surface area contributed by atoms with Crippen LogP contribution in [-0.4, -0.2) is 13.5 Å². The fourth-order valence-electron chi connectivity index (χ4n) is 1.77. The summed E-state index contributed by atoms with van der Waals surface area (Å²) in [6, 6.07) is 9.75. The summed E-state index contributed by atoms with van der Waals surface area (Å²) in [6.07, 6.45) is -1.81. The van der Waals surface area contributed by atoms with Crippen molar-refractivity contribution in [1.82, 2.24) is 0 Å². The lowest BCUT2D eigenvalue weighted by molar-refractivity contribution is -0.107. The second-order valence-corrected chi connectivity index (χ2v) is 3.77. The molecule has 0 spiro atoms. The summed E-state index contributed by atoms with van der Waals surface area (Å²) in [4.78, 5) is 12.0. The molecule has 0 aliphatic carbocycles. The number of alkyl halides is 2. The van der Waals surface area contributed by atoms with Crippen molar-refractivity contribution in [2.75, 3.05) is 11.9 Å². The molecule has 2 nitrogen and oxygen atoms in total. The number of anilines is 1. The minimum atomic E-state index is -2.49. The van der Waals surface area contributed by atoms with Crippen LogP contribution in [0.3, 0.4) is 0 Å². The van der Waals surface area contributed by atoms with Crippen molar-refractivity contribution in [2.24, 2.45) is 0 Å². The number of nitrogens with zero attached hydrogens (tertiary/aromatic N) is 1. The third-order valence-electron chi connectivity index (χ3n) is 2.70. The maximum Gasteiger partial charge on any atom is 0.264 e. The Morgan fingerprint density at radius 1 is 1.24 bits per heavy atom. The van der Waals surface area contributed by atoms with Gasteiger partial charge in [0.2, 0.25) is 6.41 Å². The second-order valence-electron chi connectivity index (χ2n) is 3.77. The molecule has 17 heavy (non-hydrogen) atoms. The van der Waals surface area contributed by atoms with E-state index in [4.69, 9.17) is 0 Å². The van der Waals surface area contributed by atoms with Gasteiger partial charge in [0.15, 0.2) is 0 Å². The van der Waals surface area contributed by atoms with E-state index in [1.807, 2.05) is 0 Å². The van der Waals surface area contributed by atoms with Crippen LogP contribution in [0.4, 0.5) is 14.5 Å². The number of amides is 1. The minimum absolute atomic E-state index is 0.0165. The molecule has 0 bridgehead atoms. The van der Waals surface area contributed by atoms with Gasteiger partial charge in [-0.15, -0.1) is 0 Å². The lowest BCUT2D eigenvalue weighted by atomic mass is 10.0. The molecule has 88 valence electrons. The van der Waals surface area contributed by atoms with Gasteiger partial charge >= 0.3 is 0 Å². The fraction of sp³-hybridized carbons (Fsp3) is 0.154. The average molecular weight is 235 g/mol. The molecule has 2 aromatic carbocycles. The van der Waals surface area contributed by atoms with Crippen LogP contribution in [0.5, 0.6) is 0 Å². The topological polar surface area (TPSA) is 20.3 Å². The summed E-state index contributed by atoms with van der Waals surface area (Å²) in [7, 11) is 1.62. The van der Waals surface area contributed by atoms with E-state index < -0.39 is 6.43 Å². The highest BCUT2D eigenvalue weighted by molar-refractivity contribution is 5.90. The van der Waals surface area contributed by atoms with E-state index in [1.54, 1.807) is 37.4 Å². The molecule has 0 aliphatic heterocycles. The van der Waals surface area contributed by atoms with E-state index in [2.05, 4.69) is 0 Å². The molecule has 0 fully saturated rings. The maximum absolute atomic E-state index is 12.8. The molecular weight excluding hydrogens is 224 g/mol. The molecule has 0 N–H and O–H groups in total. The molecule has 1 amide bonds. The minimum Gasteiger partial charge on any atom is -0.318 e. The Balaban J connectivity index is 2.60. The molecule has 0 unspecified atom stereocenters. The number of rotatable bonds is 3. The van der Waals surface area contributed by atoms with Crippen molar-refractivity contribution >= 4 is 22.9 Å². The van der Waals surface area contributed by atoms with Crippen LogP contribution in [0.2, 0.25) is 0 Å². The van der Waals surface area contributed by atoms with Crippen molar-refractivity contribution < 1.29 is 13.6 Å². The Bertz CT molecular complexity index is 554. The number of carbonyl (C=O) groups excluding carboxylic acids is 1. The highest BCUT2D eigenvalue weighted by Crippen LogP contribution is 2.29. The van der Waals surface area contributed by atoms with E-state index in [0.29, 0.717) is 22.9 Å². The van der Waals surface area contributed by atoms with Gasteiger partial charge in [0.1, 0.15) is 0 Å². The molecule has 4 heteroatoms. The van der Waals surface area contributed by atoms with E-state index in [1.165, 1.54) is 11.0 Å². The summed E-state index contributed by atoms with van der Waals surface area (Å²) in [5, 5.41) is 1.22. The number of hydrogen-bond donors (Lipinski definition) is 0. The van der Waals surface area contributed by atoms with Crippen molar-refractivity contribution in [1.29, 1.82) is 0 Å². The predicted octanol–water partition coefficient (Wildman–Crippen LogP) is 3.37. The van der Waals surface area contributed by atoms with Gasteiger partial charge in [-0.05, 0) is 22.9 Å². The Kier molecular flexibility index (Phi) is 3.04. The van der Waals surface area contributed by atoms with Crippen LogP contribution in [-0.2, 0) is 4.79 Å². The molecule has 0 saturated carbocycles. The van der Waals surface area contributed by atoms with Gasteiger partial charge in [0.05, 0.1) is 0 Å². The highest BCUT2D eigenvalue weighted by atomic mass is 19.3. The normalized spacial score (nSPS) is 10.8. The number of fused-ring (bicyclic) bond motifs is 1. The van der Waals surface area contributed by atoms with Crippen LogP contribution >= 0.6 is 0 Å². The van der Waals surface area contributed by atoms with Gasteiger partial charge in [-0.3, -0.25) is 4.79 Å². The van der Waals surface area contributed by atoms with Gasteiger partial charge < -0.3 is 4.90 Å². The van der Waals surface area contributed by atoms with E-state index in [-0.39, 0.29) is 5.56 Å². The van der Waals surface area contributed by atoms with Crippen LogP contribution in [0, 0.1) is 0 Å². The van der Waals surface area contributed by atoms with Crippen LogP contribution in [0.25, 0.3) is 10.8 Å². The van der Waals surface area contributed by atoms with E-state index in [0.717, 1.165) is 0 Å². The zero-order valence-electron chi connectivity index (χ0n) is 9.23. The van der Waals surface area contributed by atoms with E-state index in [9.17, 15) is 13.6 Å². The first-order valence-electron chi connectivity index (χ1n) is 5.12. The third kappa shape index (κ3) is 2.11. The third-order valence-corrected chi connectivity index (χ3v) is 2.70. The average Bonchev–Trinajstić information content (AvgIpc) is 2.36. The summed E-state index contributed by atoms with van der Waals surface area (Å²) in [5.74, 6) is 0. The lowest BCUT2D eigenvalue weighted by Crippen LogP contribution is -2.13. The summed E-state index contributed by atoms with van der Waals surface area (Å²) in [6.45, 7) is 0. The largest absolute Gasteiger partial charge is 0.318 e. The maximum atomic E-state index is 12.8. The SMILES string of the molecule is CN(C=O)c1ccc2c(C(F)F)cccc2c1. The molecular formula is C13H11F2NO. The van der Waals surface area contributed by atoms with Crippen molar-refractivity contribution in [2.45, 2.75) is 6.43 Å². The monoisotopic (exact) mass is 235 g/mol. The van der Waals surface area contributed by atoms with Crippen molar-refractivity contribution in [3.63, 3.8) is 0 Å². The molecule has 2 aromatic rings. The van der Waals surface area contributed by atoms with E-state index >= 15 is 0 Å². The fourth-order valence-corrected chi connectivity index (χ4v) is 1.77.